The van der Waals surface area contributed by atoms with Gasteiger partial charge in [0.25, 0.3) is 0 Å². The monoisotopic (exact) mass is 249 g/mol. The minimum Gasteiger partial charge on any atom is -0.492 e. The van der Waals surface area contributed by atoms with Crippen molar-refractivity contribution < 1.29 is 9.84 Å². The highest BCUT2D eigenvalue weighted by atomic mass is 16.5. The maximum atomic E-state index is 9.51. The molecule has 2 rings (SSSR count). The number of aryl methyl sites for hydroxylation is 1. The van der Waals surface area contributed by atoms with Crippen LogP contribution in [-0.2, 0) is 0 Å². The summed E-state index contributed by atoms with van der Waals surface area (Å²) in [6.07, 6.45) is 2.23. The fourth-order valence-electron chi connectivity index (χ4n) is 2.39. The predicted octanol–water partition coefficient (Wildman–Crippen LogP) is 2.52. The largest absolute Gasteiger partial charge is 0.492 e. The van der Waals surface area contributed by atoms with Gasteiger partial charge in [-0.25, -0.2) is 0 Å². The Kier molecular flexibility index (Phi) is 4.61. The number of benzene rings is 1. The molecule has 1 N–H and O–H groups in total. The number of hydrogen-bond acceptors (Lipinski definition) is 3. The highest BCUT2D eigenvalue weighted by Crippen LogP contribution is 2.22. The molecule has 0 amide bonds. The second-order valence-electron chi connectivity index (χ2n) is 5.10. The summed E-state index contributed by atoms with van der Waals surface area (Å²) in [7, 11) is 0. The normalized spacial score (nSPS) is 17.9. The summed E-state index contributed by atoms with van der Waals surface area (Å²) in [6.45, 7) is 7.98. The molecule has 1 atom stereocenters. The lowest BCUT2D eigenvalue weighted by atomic mass is 10.1. The first-order valence-electron chi connectivity index (χ1n) is 6.80. The molecule has 1 saturated heterocycles. The van der Waals surface area contributed by atoms with Gasteiger partial charge in [-0.15, -0.1) is 0 Å². The van der Waals surface area contributed by atoms with Crippen LogP contribution in [0.4, 0.5) is 0 Å². The van der Waals surface area contributed by atoms with E-state index in [1.165, 1.54) is 25.9 Å². The van der Waals surface area contributed by atoms with Crippen LogP contribution in [0.15, 0.2) is 18.2 Å². The van der Waals surface area contributed by atoms with Gasteiger partial charge < -0.3 is 9.84 Å². The molecule has 1 aliphatic heterocycles. The van der Waals surface area contributed by atoms with Crippen LogP contribution < -0.4 is 4.74 Å². The molecule has 3 nitrogen and oxygen atoms in total. The highest BCUT2D eigenvalue weighted by Gasteiger charge is 2.11. The minimum atomic E-state index is -0.414. The summed E-state index contributed by atoms with van der Waals surface area (Å²) >= 11 is 0. The Morgan fingerprint density at radius 2 is 2.06 bits per heavy atom. The number of likely N-dealkylation sites (tertiary alicyclic amines) is 1. The number of aliphatic hydroxyl groups is 1. The van der Waals surface area contributed by atoms with E-state index >= 15 is 0 Å². The van der Waals surface area contributed by atoms with Crippen molar-refractivity contribution in [1.82, 2.24) is 4.90 Å². The SMILES string of the molecule is Cc1cc([C@@H](C)O)ccc1OCCN1CCCC1. The molecule has 1 aromatic rings. The zero-order chi connectivity index (χ0) is 13.0. The van der Waals surface area contributed by atoms with Crippen molar-refractivity contribution >= 4 is 0 Å². The number of rotatable bonds is 5. The van der Waals surface area contributed by atoms with Crippen LogP contribution >= 0.6 is 0 Å². The molecule has 3 heteroatoms. The average Bonchev–Trinajstić information content (AvgIpc) is 2.84. The van der Waals surface area contributed by atoms with E-state index in [9.17, 15) is 5.11 Å². The smallest absolute Gasteiger partial charge is 0.122 e. The van der Waals surface area contributed by atoms with Crippen LogP contribution in [0.2, 0.25) is 0 Å². The van der Waals surface area contributed by atoms with Gasteiger partial charge in [0, 0.05) is 6.54 Å². The standard InChI is InChI=1S/C15H23NO2/c1-12-11-14(13(2)17)5-6-15(12)18-10-9-16-7-3-4-8-16/h5-6,11,13,17H,3-4,7-10H2,1-2H3/t13-/m1/s1. The van der Waals surface area contributed by atoms with E-state index in [2.05, 4.69) is 4.90 Å². The highest BCUT2D eigenvalue weighted by molar-refractivity contribution is 5.36. The van der Waals surface area contributed by atoms with Crippen LogP contribution in [-0.4, -0.2) is 36.2 Å². The third kappa shape index (κ3) is 3.47. The third-order valence-electron chi connectivity index (χ3n) is 3.55. The van der Waals surface area contributed by atoms with Gasteiger partial charge in [0.2, 0.25) is 0 Å². The van der Waals surface area contributed by atoms with Gasteiger partial charge in [-0.3, -0.25) is 4.90 Å². The van der Waals surface area contributed by atoms with Crippen molar-refractivity contribution in [1.29, 1.82) is 0 Å². The van der Waals surface area contributed by atoms with Gasteiger partial charge in [0.05, 0.1) is 6.10 Å². The van der Waals surface area contributed by atoms with Crippen molar-refractivity contribution in [2.75, 3.05) is 26.2 Å². The van der Waals surface area contributed by atoms with Crippen LogP contribution in [0, 0.1) is 6.92 Å². The van der Waals surface area contributed by atoms with E-state index in [1.807, 2.05) is 25.1 Å². The fourth-order valence-corrected chi connectivity index (χ4v) is 2.39. The van der Waals surface area contributed by atoms with Crippen molar-refractivity contribution in [2.24, 2.45) is 0 Å². The summed E-state index contributed by atoms with van der Waals surface area (Å²) in [4.78, 5) is 2.44. The molecule has 0 bridgehead atoms. The first kappa shape index (κ1) is 13.4. The molecule has 0 radical (unpaired) electrons. The quantitative estimate of drug-likeness (QED) is 0.870. The van der Waals surface area contributed by atoms with Crippen molar-refractivity contribution in [3.8, 4) is 5.75 Å². The lowest BCUT2D eigenvalue weighted by Crippen LogP contribution is -2.25. The number of nitrogens with zero attached hydrogens (tertiary/aromatic N) is 1. The topological polar surface area (TPSA) is 32.7 Å². The molecule has 0 saturated carbocycles. The van der Waals surface area contributed by atoms with Gasteiger partial charge in [-0.1, -0.05) is 6.07 Å². The molecule has 18 heavy (non-hydrogen) atoms. The molecule has 1 aromatic carbocycles. The molecule has 1 aliphatic rings. The van der Waals surface area contributed by atoms with E-state index in [0.29, 0.717) is 0 Å². The van der Waals surface area contributed by atoms with Crippen molar-refractivity contribution in [2.45, 2.75) is 32.8 Å². The molecular weight excluding hydrogens is 226 g/mol. The zero-order valence-corrected chi connectivity index (χ0v) is 11.4. The van der Waals surface area contributed by atoms with E-state index in [1.54, 1.807) is 6.92 Å². The van der Waals surface area contributed by atoms with Gasteiger partial charge in [-0.05, 0) is 63.0 Å². The Morgan fingerprint density at radius 3 is 2.67 bits per heavy atom. The van der Waals surface area contributed by atoms with E-state index < -0.39 is 6.10 Å². The number of ether oxygens (including phenoxy) is 1. The van der Waals surface area contributed by atoms with E-state index in [0.717, 1.165) is 30.0 Å². The van der Waals surface area contributed by atoms with Crippen LogP contribution in [0.25, 0.3) is 0 Å². The summed E-state index contributed by atoms with van der Waals surface area (Å²) in [6, 6.07) is 5.89. The molecule has 0 unspecified atom stereocenters. The second-order valence-corrected chi connectivity index (χ2v) is 5.10. The number of hydrogen-bond donors (Lipinski definition) is 1. The molecule has 0 aromatic heterocycles. The Labute approximate surface area is 109 Å². The first-order valence-corrected chi connectivity index (χ1v) is 6.80. The average molecular weight is 249 g/mol. The van der Waals surface area contributed by atoms with Gasteiger partial charge in [-0.2, -0.15) is 0 Å². The molecule has 0 aliphatic carbocycles. The Morgan fingerprint density at radius 1 is 1.33 bits per heavy atom. The minimum absolute atomic E-state index is 0.414. The molecule has 0 spiro atoms. The van der Waals surface area contributed by atoms with Crippen molar-refractivity contribution in [3.05, 3.63) is 29.3 Å². The molecule has 1 fully saturated rings. The Balaban J connectivity index is 1.85. The lowest BCUT2D eigenvalue weighted by molar-refractivity contribution is 0.199. The maximum Gasteiger partial charge on any atom is 0.122 e. The molecular formula is C15H23NO2. The second kappa shape index (κ2) is 6.21. The fraction of sp³-hybridized carbons (Fsp3) is 0.600. The van der Waals surface area contributed by atoms with E-state index in [4.69, 9.17) is 4.74 Å². The van der Waals surface area contributed by atoms with Crippen LogP contribution in [0.3, 0.4) is 0 Å². The Bertz CT molecular complexity index is 384. The number of aliphatic hydroxyl groups excluding tert-OH is 1. The van der Waals surface area contributed by atoms with Gasteiger partial charge in [0.1, 0.15) is 12.4 Å². The molecule has 100 valence electrons. The van der Waals surface area contributed by atoms with Crippen LogP contribution in [0.5, 0.6) is 5.75 Å². The van der Waals surface area contributed by atoms with E-state index in [-0.39, 0.29) is 0 Å². The van der Waals surface area contributed by atoms with Crippen LogP contribution in [0.1, 0.15) is 37.0 Å². The zero-order valence-electron chi connectivity index (χ0n) is 11.4. The lowest BCUT2D eigenvalue weighted by Gasteiger charge is -2.16. The third-order valence-corrected chi connectivity index (χ3v) is 3.55. The predicted molar refractivity (Wildman–Crippen MR) is 73.0 cm³/mol. The molecule has 1 heterocycles. The first-order chi connectivity index (χ1) is 8.66. The Hall–Kier alpha value is -1.06. The van der Waals surface area contributed by atoms with Gasteiger partial charge in [0.15, 0.2) is 0 Å². The van der Waals surface area contributed by atoms with Gasteiger partial charge >= 0.3 is 0 Å². The summed E-state index contributed by atoms with van der Waals surface area (Å²) in [5.74, 6) is 0.929. The van der Waals surface area contributed by atoms with Crippen molar-refractivity contribution in [3.63, 3.8) is 0 Å². The summed E-state index contributed by atoms with van der Waals surface area (Å²) in [5.41, 5.74) is 2.04. The summed E-state index contributed by atoms with van der Waals surface area (Å²) in [5, 5.41) is 9.51. The summed E-state index contributed by atoms with van der Waals surface area (Å²) < 4.78 is 5.81. The maximum absolute atomic E-state index is 9.51.